The fourth-order valence-corrected chi connectivity index (χ4v) is 2.58. The van der Waals surface area contributed by atoms with Crippen molar-refractivity contribution in [3.05, 3.63) is 11.4 Å². The molecule has 0 aromatic carbocycles. The molecule has 1 saturated heterocycles. The van der Waals surface area contributed by atoms with Gasteiger partial charge in [0.1, 0.15) is 0 Å². The van der Waals surface area contributed by atoms with Crippen LogP contribution in [0.2, 0.25) is 0 Å². The minimum Gasteiger partial charge on any atom is -0.476 e. The van der Waals surface area contributed by atoms with Crippen LogP contribution in [0.25, 0.3) is 0 Å². The molecular formula is C13H21N3O3. The monoisotopic (exact) mass is 267 g/mol. The molecule has 0 aliphatic carbocycles. The molecule has 1 fully saturated rings. The van der Waals surface area contributed by atoms with Gasteiger partial charge in [-0.05, 0) is 32.6 Å². The molecule has 0 amide bonds. The van der Waals surface area contributed by atoms with E-state index in [1.54, 1.807) is 4.68 Å². The highest BCUT2D eigenvalue weighted by Crippen LogP contribution is 2.30. The smallest absolute Gasteiger partial charge is 0.358 e. The topological polar surface area (TPSA) is 77.2 Å². The van der Waals surface area contributed by atoms with Crippen LogP contribution < -0.4 is 0 Å². The number of hydrogen-bond acceptors (Lipinski definition) is 4. The number of aromatic nitrogens is 3. The molecule has 0 saturated carbocycles. The molecule has 1 aromatic rings. The van der Waals surface area contributed by atoms with Crippen LogP contribution in [-0.2, 0) is 11.3 Å². The van der Waals surface area contributed by atoms with Crippen molar-refractivity contribution in [3.63, 3.8) is 0 Å². The molecule has 0 radical (unpaired) electrons. The largest absolute Gasteiger partial charge is 0.476 e. The molecule has 1 aromatic heterocycles. The number of carboxylic acid groups (broad SMARTS) is 1. The van der Waals surface area contributed by atoms with E-state index in [0.29, 0.717) is 12.2 Å². The molecule has 2 heterocycles. The summed E-state index contributed by atoms with van der Waals surface area (Å²) in [7, 11) is 0. The maximum absolute atomic E-state index is 11.1. The van der Waals surface area contributed by atoms with Crippen molar-refractivity contribution in [2.45, 2.75) is 64.7 Å². The van der Waals surface area contributed by atoms with Gasteiger partial charge in [-0.1, -0.05) is 19.1 Å². The Morgan fingerprint density at radius 3 is 2.74 bits per heavy atom. The van der Waals surface area contributed by atoms with E-state index in [1.165, 1.54) is 0 Å². The summed E-state index contributed by atoms with van der Waals surface area (Å²) in [5, 5.41) is 16.9. The number of rotatable bonds is 4. The molecule has 1 atom stereocenters. The van der Waals surface area contributed by atoms with Crippen LogP contribution in [0.15, 0.2) is 0 Å². The first kappa shape index (κ1) is 14.0. The second-order valence-corrected chi connectivity index (χ2v) is 6.00. The molecule has 0 bridgehead atoms. The van der Waals surface area contributed by atoms with E-state index >= 15 is 0 Å². The Bertz CT molecular complexity index is 479. The zero-order valence-electron chi connectivity index (χ0n) is 11.9. The third kappa shape index (κ3) is 2.94. The Balaban J connectivity index is 2.19. The van der Waals surface area contributed by atoms with Gasteiger partial charge in [0.05, 0.1) is 23.9 Å². The zero-order chi connectivity index (χ0) is 14.2. The van der Waals surface area contributed by atoms with E-state index < -0.39 is 5.97 Å². The van der Waals surface area contributed by atoms with Gasteiger partial charge in [0.15, 0.2) is 5.69 Å². The maximum atomic E-state index is 11.1. The fourth-order valence-electron chi connectivity index (χ4n) is 2.58. The van der Waals surface area contributed by atoms with Gasteiger partial charge in [-0.25, -0.2) is 9.48 Å². The van der Waals surface area contributed by atoms with Gasteiger partial charge in [0.25, 0.3) is 0 Å². The number of nitrogens with zero attached hydrogens (tertiary/aromatic N) is 3. The first-order valence-corrected chi connectivity index (χ1v) is 6.64. The average molecular weight is 267 g/mol. The summed E-state index contributed by atoms with van der Waals surface area (Å²) in [4.78, 5) is 11.1. The number of carboxylic acids is 1. The molecule has 0 spiro atoms. The van der Waals surface area contributed by atoms with E-state index in [9.17, 15) is 4.79 Å². The lowest BCUT2D eigenvalue weighted by Gasteiger charge is -2.20. The van der Waals surface area contributed by atoms with Crippen LogP contribution in [0.4, 0.5) is 0 Å². The molecule has 1 N–H and O–H groups in total. The Hall–Kier alpha value is -1.43. The standard InChI is InChI=1S/C13H21N3O3/c1-8(2)11-10(12(17)18)14-15-16(11)7-9-5-6-13(3,4)19-9/h8-9H,5-7H2,1-4H3,(H,17,18). The number of hydrogen-bond donors (Lipinski definition) is 1. The maximum Gasteiger partial charge on any atom is 0.358 e. The SMILES string of the molecule is CC(C)c1c(C(=O)O)nnn1CC1CCC(C)(C)O1. The minimum atomic E-state index is -1.03. The normalized spacial score (nSPS) is 22.1. The van der Waals surface area contributed by atoms with E-state index in [-0.39, 0.29) is 23.3 Å². The highest BCUT2D eigenvalue weighted by Gasteiger charge is 2.33. The Labute approximate surface area is 112 Å². The summed E-state index contributed by atoms with van der Waals surface area (Å²) in [5.74, 6) is -0.960. The van der Waals surface area contributed by atoms with Gasteiger partial charge in [-0.15, -0.1) is 5.10 Å². The molecule has 1 unspecified atom stereocenters. The molecule has 106 valence electrons. The van der Waals surface area contributed by atoms with Gasteiger partial charge in [-0.2, -0.15) is 0 Å². The van der Waals surface area contributed by atoms with Crippen molar-refractivity contribution >= 4 is 5.97 Å². The molecule has 6 nitrogen and oxygen atoms in total. The summed E-state index contributed by atoms with van der Waals surface area (Å²) in [5.41, 5.74) is 0.617. The third-order valence-electron chi connectivity index (χ3n) is 3.45. The molecule has 2 rings (SSSR count). The van der Waals surface area contributed by atoms with Crippen LogP contribution in [0, 0.1) is 0 Å². The lowest BCUT2D eigenvalue weighted by atomic mass is 10.1. The second-order valence-electron chi connectivity index (χ2n) is 6.00. The second kappa shape index (κ2) is 4.92. The quantitative estimate of drug-likeness (QED) is 0.903. The average Bonchev–Trinajstić information content (AvgIpc) is 2.82. The van der Waals surface area contributed by atoms with Crippen molar-refractivity contribution in [2.75, 3.05) is 0 Å². The summed E-state index contributed by atoms with van der Waals surface area (Å²) < 4.78 is 7.60. The first-order chi connectivity index (χ1) is 8.80. The van der Waals surface area contributed by atoms with Crippen LogP contribution in [0.5, 0.6) is 0 Å². The number of aromatic carboxylic acids is 1. The zero-order valence-corrected chi connectivity index (χ0v) is 11.9. The number of ether oxygens (including phenoxy) is 1. The van der Waals surface area contributed by atoms with Crippen molar-refractivity contribution in [3.8, 4) is 0 Å². The lowest BCUT2D eigenvalue weighted by molar-refractivity contribution is -0.0235. The van der Waals surface area contributed by atoms with Crippen molar-refractivity contribution in [1.29, 1.82) is 0 Å². The van der Waals surface area contributed by atoms with Crippen molar-refractivity contribution in [1.82, 2.24) is 15.0 Å². The van der Waals surface area contributed by atoms with Gasteiger partial charge in [0, 0.05) is 0 Å². The van der Waals surface area contributed by atoms with E-state index in [0.717, 1.165) is 12.8 Å². The molecule has 1 aliphatic heterocycles. The van der Waals surface area contributed by atoms with Crippen LogP contribution in [0.1, 0.15) is 62.6 Å². The van der Waals surface area contributed by atoms with Gasteiger partial charge in [0.2, 0.25) is 0 Å². The summed E-state index contributed by atoms with van der Waals surface area (Å²) >= 11 is 0. The highest BCUT2D eigenvalue weighted by molar-refractivity contribution is 5.86. The molecular weight excluding hydrogens is 246 g/mol. The van der Waals surface area contributed by atoms with E-state index in [2.05, 4.69) is 24.2 Å². The highest BCUT2D eigenvalue weighted by atomic mass is 16.5. The van der Waals surface area contributed by atoms with Crippen LogP contribution in [-0.4, -0.2) is 37.8 Å². The Morgan fingerprint density at radius 2 is 2.26 bits per heavy atom. The molecule has 1 aliphatic rings. The fraction of sp³-hybridized carbons (Fsp3) is 0.769. The molecule has 6 heteroatoms. The van der Waals surface area contributed by atoms with Gasteiger partial charge < -0.3 is 9.84 Å². The van der Waals surface area contributed by atoms with Gasteiger partial charge >= 0.3 is 5.97 Å². The van der Waals surface area contributed by atoms with Crippen LogP contribution >= 0.6 is 0 Å². The van der Waals surface area contributed by atoms with E-state index in [4.69, 9.17) is 9.84 Å². The van der Waals surface area contributed by atoms with Crippen LogP contribution in [0.3, 0.4) is 0 Å². The predicted octanol–water partition coefficient (Wildman–Crippen LogP) is 2.06. The van der Waals surface area contributed by atoms with Crippen molar-refractivity contribution < 1.29 is 14.6 Å². The Morgan fingerprint density at radius 1 is 1.58 bits per heavy atom. The minimum absolute atomic E-state index is 0.0484. The van der Waals surface area contributed by atoms with E-state index in [1.807, 2.05) is 13.8 Å². The first-order valence-electron chi connectivity index (χ1n) is 6.64. The Kier molecular flexibility index (Phi) is 3.62. The number of carbonyl (C=O) groups is 1. The third-order valence-corrected chi connectivity index (χ3v) is 3.45. The summed E-state index contributed by atoms with van der Waals surface area (Å²) in [6.07, 6.45) is 2.05. The molecule has 19 heavy (non-hydrogen) atoms. The van der Waals surface area contributed by atoms with Crippen molar-refractivity contribution in [2.24, 2.45) is 0 Å². The summed E-state index contributed by atoms with van der Waals surface area (Å²) in [6, 6.07) is 0. The van der Waals surface area contributed by atoms with Gasteiger partial charge in [-0.3, -0.25) is 0 Å². The lowest BCUT2D eigenvalue weighted by Crippen LogP contribution is -2.24. The predicted molar refractivity (Wildman–Crippen MR) is 69.3 cm³/mol. The summed E-state index contributed by atoms with van der Waals surface area (Å²) in [6.45, 7) is 8.60.